The molecule has 1 aliphatic carbocycles. The van der Waals surface area contributed by atoms with Crippen molar-refractivity contribution in [1.82, 2.24) is 9.80 Å². The zero-order chi connectivity index (χ0) is 17.5. The topological polar surface area (TPSA) is 45.1 Å². The number of benzene rings is 1. The minimum Gasteiger partial charge on any atom is -0.465 e. The highest BCUT2D eigenvalue weighted by Crippen LogP contribution is 2.27. The van der Waals surface area contributed by atoms with Crippen LogP contribution in [0.3, 0.4) is 0 Å². The number of hydrogen-bond acceptors (Lipinski definition) is 6. The van der Waals surface area contributed by atoms with Crippen molar-refractivity contribution in [2.75, 3.05) is 25.7 Å². The number of carbonyl (C=O) groups is 1. The van der Waals surface area contributed by atoms with Gasteiger partial charge < -0.3 is 9.64 Å². The maximum absolute atomic E-state index is 11.7. The average Bonchev–Trinajstić information content (AvgIpc) is 3.16. The summed E-state index contributed by atoms with van der Waals surface area (Å²) in [6.07, 6.45) is 5.21. The Labute approximate surface area is 154 Å². The van der Waals surface area contributed by atoms with Gasteiger partial charge in [0.25, 0.3) is 0 Å². The molecule has 3 rings (SSSR count). The van der Waals surface area contributed by atoms with Crippen molar-refractivity contribution in [1.29, 1.82) is 0 Å². The second-order valence-corrected chi connectivity index (χ2v) is 7.47. The highest BCUT2D eigenvalue weighted by Gasteiger charge is 2.28. The van der Waals surface area contributed by atoms with Crippen LogP contribution in [-0.2, 0) is 16.1 Å². The van der Waals surface area contributed by atoms with E-state index < -0.39 is 0 Å². The molecule has 0 amide bonds. The molecule has 0 N–H and O–H groups in total. The molecule has 2 aliphatic rings. The Hall–Kier alpha value is -1.53. The van der Waals surface area contributed by atoms with Crippen molar-refractivity contribution in [3.05, 3.63) is 35.9 Å². The lowest BCUT2D eigenvalue weighted by Gasteiger charge is -2.38. The Balaban J connectivity index is 1.66. The van der Waals surface area contributed by atoms with Crippen LogP contribution < -0.4 is 0 Å². The van der Waals surface area contributed by atoms with Crippen LogP contribution in [0, 0.1) is 0 Å². The lowest BCUT2D eigenvalue weighted by molar-refractivity contribution is -0.139. The van der Waals surface area contributed by atoms with Gasteiger partial charge in [0, 0.05) is 12.6 Å². The highest BCUT2D eigenvalue weighted by atomic mass is 32.2. The van der Waals surface area contributed by atoms with Crippen molar-refractivity contribution in [2.45, 2.75) is 45.2 Å². The molecule has 0 unspecified atom stereocenters. The first-order valence-corrected chi connectivity index (χ1v) is 10.1. The van der Waals surface area contributed by atoms with Crippen molar-refractivity contribution < 1.29 is 9.53 Å². The van der Waals surface area contributed by atoms with E-state index in [1.165, 1.54) is 43.0 Å². The van der Waals surface area contributed by atoms with E-state index in [0.29, 0.717) is 18.4 Å². The smallest absolute Gasteiger partial charge is 0.316 e. The van der Waals surface area contributed by atoms with E-state index in [4.69, 9.17) is 9.73 Å². The van der Waals surface area contributed by atoms with Crippen LogP contribution in [0.4, 0.5) is 0 Å². The van der Waals surface area contributed by atoms with Crippen LogP contribution in [0.5, 0.6) is 0 Å². The molecule has 0 aromatic heterocycles. The summed E-state index contributed by atoms with van der Waals surface area (Å²) in [4.78, 5) is 21.3. The number of nitrogens with zero attached hydrogens (tertiary/aromatic N) is 3. The molecular formula is C19H27N3O2S. The van der Waals surface area contributed by atoms with Gasteiger partial charge in [-0.2, -0.15) is 0 Å². The van der Waals surface area contributed by atoms with Gasteiger partial charge in [0.05, 0.1) is 25.7 Å². The van der Waals surface area contributed by atoms with E-state index in [1.54, 1.807) is 0 Å². The van der Waals surface area contributed by atoms with E-state index in [0.717, 1.165) is 25.0 Å². The Morgan fingerprint density at radius 2 is 2.04 bits per heavy atom. The number of aliphatic imine (C=N–C) groups is 1. The van der Waals surface area contributed by atoms with E-state index in [-0.39, 0.29) is 5.97 Å². The van der Waals surface area contributed by atoms with Gasteiger partial charge in [0.1, 0.15) is 0 Å². The van der Waals surface area contributed by atoms with Gasteiger partial charge >= 0.3 is 5.97 Å². The summed E-state index contributed by atoms with van der Waals surface area (Å²) in [6, 6.07) is 11.1. The molecule has 136 valence electrons. The Kier molecular flexibility index (Phi) is 6.76. The monoisotopic (exact) mass is 361 g/mol. The first-order chi connectivity index (χ1) is 12.3. The number of ether oxygens (including phenoxy) is 1. The summed E-state index contributed by atoms with van der Waals surface area (Å²) in [5.74, 6) is 0.148. The van der Waals surface area contributed by atoms with Crippen LogP contribution in [0.15, 0.2) is 35.3 Å². The van der Waals surface area contributed by atoms with Gasteiger partial charge in [0.2, 0.25) is 0 Å². The van der Waals surface area contributed by atoms with Crippen LogP contribution in [0.1, 0.15) is 38.2 Å². The zero-order valence-corrected chi connectivity index (χ0v) is 15.7. The summed E-state index contributed by atoms with van der Waals surface area (Å²) >= 11 is 1.49. The number of rotatable bonds is 6. The molecule has 25 heavy (non-hydrogen) atoms. The molecule has 0 atom stereocenters. The quantitative estimate of drug-likeness (QED) is 0.728. The highest BCUT2D eigenvalue weighted by molar-refractivity contribution is 8.14. The third kappa shape index (κ3) is 5.22. The fourth-order valence-corrected chi connectivity index (χ4v) is 4.24. The number of esters is 1. The summed E-state index contributed by atoms with van der Waals surface area (Å²) in [5.41, 5.74) is 1.26. The van der Waals surface area contributed by atoms with Crippen molar-refractivity contribution >= 4 is 22.9 Å². The molecule has 0 spiro atoms. The van der Waals surface area contributed by atoms with Crippen LogP contribution >= 0.6 is 11.8 Å². The van der Waals surface area contributed by atoms with Crippen LogP contribution in [0.25, 0.3) is 0 Å². The van der Waals surface area contributed by atoms with Crippen molar-refractivity contribution in [3.63, 3.8) is 0 Å². The third-order valence-electron chi connectivity index (χ3n) is 4.69. The number of thioether (sulfide) groups is 1. The maximum Gasteiger partial charge on any atom is 0.316 e. The molecule has 0 radical (unpaired) electrons. The molecule has 6 heteroatoms. The summed E-state index contributed by atoms with van der Waals surface area (Å²) in [6.45, 7) is 4.70. The Bertz CT molecular complexity index is 588. The second-order valence-electron chi connectivity index (χ2n) is 6.53. The van der Waals surface area contributed by atoms with Crippen molar-refractivity contribution in [3.8, 4) is 0 Å². The molecule has 1 aromatic rings. The second kappa shape index (κ2) is 9.25. The van der Waals surface area contributed by atoms with Crippen molar-refractivity contribution in [2.24, 2.45) is 4.99 Å². The molecule has 1 aromatic carbocycles. The molecule has 1 aliphatic heterocycles. The first-order valence-electron chi connectivity index (χ1n) is 9.12. The fourth-order valence-electron chi connectivity index (χ4n) is 3.46. The molecular weight excluding hydrogens is 334 g/mol. The largest absolute Gasteiger partial charge is 0.465 e. The number of carbonyl (C=O) groups excluding carboxylic acids is 1. The molecule has 1 heterocycles. The van der Waals surface area contributed by atoms with Gasteiger partial charge in [-0.15, -0.1) is 0 Å². The van der Waals surface area contributed by atoms with Gasteiger partial charge in [-0.3, -0.25) is 9.69 Å². The molecule has 5 nitrogen and oxygen atoms in total. The lowest BCUT2D eigenvalue weighted by atomic mass is 10.2. The van der Waals surface area contributed by atoms with Gasteiger partial charge in [-0.1, -0.05) is 54.9 Å². The van der Waals surface area contributed by atoms with Gasteiger partial charge in [0.15, 0.2) is 5.17 Å². The number of amidine groups is 1. The van der Waals surface area contributed by atoms with E-state index in [9.17, 15) is 4.79 Å². The minimum absolute atomic E-state index is 0.173. The normalized spacial score (nSPS) is 19.1. The van der Waals surface area contributed by atoms with E-state index in [1.807, 2.05) is 13.0 Å². The predicted octanol–water partition coefficient (Wildman–Crippen LogP) is 3.31. The summed E-state index contributed by atoms with van der Waals surface area (Å²) in [5, 5.41) is 0.950. The first kappa shape index (κ1) is 18.3. The molecule has 0 bridgehead atoms. The van der Waals surface area contributed by atoms with Gasteiger partial charge in [-0.25, -0.2) is 4.99 Å². The van der Waals surface area contributed by atoms with Crippen LogP contribution in [-0.4, -0.2) is 52.7 Å². The number of hydrogen-bond donors (Lipinski definition) is 0. The minimum atomic E-state index is -0.173. The Morgan fingerprint density at radius 3 is 2.76 bits per heavy atom. The SMILES string of the molecule is CCOC(=O)CSC1=NCN(C2CCCC2)CN1Cc1ccccc1. The van der Waals surface area contributed by atoms with Crippen LogP contribution in [0.2, 0.25) is 0 Å². The van der Waals surface area contributed by atoms with E-state index in [2.05, 4.69) is 34.1 Å². The zero-order valence-electron chi connectivity index (χ0n) is 14.9. The standard InChI is InChI=1S/C19H27N3O2S/c1-2-24-18(23)13-25-19-20-14-22(17-10-6-7-11-17)15-21(19)12-16-8-4-3-5-9-16/h3-5,8-9,17H,2,6-7,10-15H2,1H3. The molecule has 1 fully saturated rings. The molecule has 1 saturated carbocycles. The molecule has 0 saturated heterocycles. The summed E-state index contributed by atoms with van der Waals surface area (Å²) in [7, 11) is 0. The predicted molar refractivity (Wildman–Crippen MR) is 102 cm³/mol. The fraction of sp³-hybridized carbons (Fsp3) is 0.579. The maximum atomic E-state index is 11.7. The average molecular weight is 362 g/mol. The Morgan fingerprint density at radius 1 is 1.28 bits per heavy atom. The van der Waals surface area contributed by atoms with E-state index >= 15 is 0 Å². The lowest BCUT2D eigenvalue weighted by Crippen LogP contribution is -2.48. The van der Waals surface area contributed by atoms with Gasteiger partial charge in [-0.05, 0) is 25.3 Å². The summed E-state index contributed by atoms with van der Waals surface area (Å²) < 4.78 is 5.05. The third-order valence-corrected chi connectivity index (χ3v) is 5.72.